The van der Waals surface area contributed by atoms with Crippen LogP contribution in [0.4, 0.5) is 22.0 Å². The second kappa shape index (κ2) is 8.77. The fourth-order valence-electron chi connectivity index (χ4n) is 3.37. The van der Waals surface area contributed by atoms with Gasteiger partial charge in [-0.3, -0.25) is 4.79 Å². The Morgan fingerprint density at radius 3 is 2.17 bits per heavy atom. The SMILES string of the molecule is NCc1cccc(C2CCN(C(=O)COc3c(F)c(F)c(F)c(F)c3F)CC2)c1. The molecule has 2 aromatic carbocycles. The quantitative estimate of drug-likeness (QED) is 0.462. The Kier molecular flexibility index (Phi) is 6.36. The molecule has 1 amide bonds. The number of piperidine rings is 1. The van der Waals surface area contributed by atoms with Crippen LogP contribution >= 0.6 is 0 Å². The molecule has 1 fully saturated rings. The minimum atomic E-state index is -2.28. The van der Waals surface area contributed by atoms with Crippen molar-refractivity contribution in [3.05, 3.63) is 64.5 Å². The molecule has 0 saturated carbocycles. The van der Waals surface area contributed by atoms with Crippen molar-refractivity contribution in [1.29, 1.82) is 0 Å². The minimum Gasteiger partial charge on any atom is -0.477 e. The Morgan fingerprint density at radius 2 is 1.59 bits per heavy atom. The molecular weight excluding hydrogens is 395 g/mol. The third kappa shape index (κ3) is 4.34. The third-order valence-electron chi connectivity index (χ3n) is 5.02. The van der Waals surface area contributed by atoms with Crippen molar-refractivity contribution in [2.75, 3.05) is 19.7 Å². The van der Waals surface area contributed by atoms with E-state index in [0.717, 1.165) is 11.1 Å². The van der Waals surface area contributed by atoms with E-state index in [1.165, 1.54) is 4.90 Å². The average Bonchev–Trinajstić information content (AvgIpc) is 2.76. The number of carbonyl (C=O) groups is 1. The van der Waals surface area contributed by atoms with Crippen LogP contribution in [-0.4, -0.2) is 30.5 Å². The summed E-state index contributed by atoms with van der Waals surface area (Å²) >= 11 is 0. The number of halogens is 5. The lowest BCUT2D eigenvalue weighted by Crippen LogP contribution is -2.40. The van der Waals surface area contributed by atoms with Gasteiger partial charge in [0.2, 0.25) is 29.1 Å². The predicted octanol–water partition coefficient (Wildman–Crippen LogP) is 3.63. The van der Waals surface area contributed by atoms with Crippen molar-refractivity contribution in [2.24, 2.45) is 5.73 Å². The molecule has 2 N–H and O–H groups in total. The summed E-state index contributed by atoms with van der Waals surface area (Å²) in [6.07, 6.45) is 1.34. The van der Waals surface area contributed by atoms with Crippen molar-refractivity contribution in [1.82, 2.24) is 4.90 Å². The molecule has 1 aliphatic rings. The Labute approximate surface area is 164 Å². The van der Waals surface area contributed by atoms with E-state index >= 15 is 0 Å². The molecule has 0 aromatic heterocycles. The molecule has 0 bridgehead atoms. The van der Waals surface area contributed by atoms with Gasteiger partial charge in [-0.05, 0) is 29.9 Å². The van der Waals surface area contributed by atoms with Crippen LogP contribution in [0, 0.1) is 29.1 Å². The molecule has 156 valence electrons. The van der Waals surface area contributed by atoms with E-state index in [-0.39, 0.29) is 5.92 Å². The fourth-order valence-corrected chi connectivity index (χ4v) is 3.37. The fraction of sp³-hybridized carbons (Fsp3) is 0.350. The number of nitrogens with zero attached hydrogens (tertiary/aromatic N) is 1. The topological polar surface area (TPSA) is 55.6 Å². The first-order chi connectivity index (χ1) is 13.8. The molecule has 9 heteroatoms. The van der Waals surface area contributed by atoms with Crippen molar-refractivity contribution in [2.45, 2.75) is 25.3 Å². The molecule has 1 aliphatic heterocycles. The summed E-state index contributed by atoms with van der Waals surface area (Å²) in [5, 5.41) is 0. The van der Waals surface area contributed by atoms with Gasteiger partial charge in [-0.15, -0.1) is 0 Å². The first-order valence-corrected chi connectivity index (χ1v) is 9.04. The van der Waals surface area contributed by atoms with Crippen molar-refractivity contribution in [3.63, 3.8) is 0 Å². The van der Waals surface area contributed by atoms with Crippen LogP contribution in [0.25, 0.3) is 0 Å². The van der Waals surface area contributed by atoms with Crippen LogP contribution in [0.5, 0.6) is 5.75 Å². The highest BCUT2D eigenvalue weighted by Crippen LogP contribution is 2.30. The molecule has 3 rings (SSSR count). The van der Waals surface area contributed by atoms with E-state index in [0.29, 0.717) is 32.5 Å². The smallest absolute Gasteiger partial charge is 0.260 e. The highest BCUT2D eigenvalue weighted by atomic mass is 19.2. The number of ether oxygens (including phenoxy) is 1. The van der Waals surface area contributed by atoms with Gasteiger partial charge < -0.3 is 15.4 Å². The summed E-state index contributed by atoms with van der Waals surface area (Å²) in [6, 6.07) is 7.87. The highest BCUT2D eigenvalue weighted by molar-refractivity contribution is 5.77. The highest BCUT2D eigenvalue weighted by Gasteiger charge is 2.29. The molecule has 29 heavy (non-hydrogen) atoms. The molecular formula is C20H19F5N2O2. The standard InChI is InChI=1S/C20H19F5N2O2/c21-15-16(22)18(24)20(19(25)17(15)23)29-10-14(28)27-6-4-12(5-7-27)13-3-1-2-11(8-13)9-26/h1-3,8,12H,4-7,9-10,26H2. The first kappa shape index (κ1) is 21.0. The predicted molar refractivity (Wildman–Crippen MR) is 94.6 cm³/mol. The zero-order chi connectivity index (χ0) is 21.1. The molecule has 0 atom stereocenters. The Hall–Kier alpha value is -2.68. The van der Waals surface area contributed by atoms with Crippen LogP contribution in [0.1, 0.15) is 29.9 Å². The Balaban J connectivity index is 1.60. The summed E-state index contributed by atoms with van der Waals surface area (Å²) in [7, 11) is 0. The number of nitrogens with two attached hydrogens (primary N) is 1. The van der Waals surface area contributed by atoms with Crippen molar-refractivity contribution < 1.29 is 31.5 Å². The van der Waals surface area contributed by atoms with Gasteiger partial charge in [0, 0.05) is 19.6 Å². The Morgan fingerprint density at radius 1 is 1.00 bits per heavy atom. The van der Waals surface area contributed by atoms with E-state index in [9.17, 15) is 26.7 Å². The lowest BCUT2D eigenvalue weighted by atomic mass is 9.88. The van der Waals surface area contributed by atoms with Crippen LogP contribution in [0.3, 0.4) is 0 Å². The zero-order valence-electron chi connectivity index (χ0n) is 15.4. The number of rotatable bonds is 5. The van der Waals surface area contributed by atoms with E-state index in [4.69, 9.17) is 5.73 Å². The largest absolute Gasteiger partial charge is 0.477 e. The first-order valence-electron chi connectivity index (χ1n) is 9.04. The number of amides is 1. The number of hydrogen-bond donors (Lipinski definition) is 1. The molecule has 1 heterocycles. The van der Waals surface area contributed by atoms with Gasteiger partial charge in [0.1, 0.15) is 0 Å². The monoisotopic (exact) mass is 414 g/mol. The second-order valence-corrected chi connectivity index (χ2v) is 6.79. The maximum Gasteiger partial charge on any atom is 0.260 e. The molecule has 4 nitrogen and oxygen atoms in total. The van der Waals surface area contributed by atoms with Gasteiger partial charge in [0.25, 0.3) is 5.91 Å². The lowest BCUT2D eigenvalue weighted by molar-refractivity contribution is -0.134. The normalized spacial score (nSPS) is 14.9. The molecule has 0 unspecified atom stereocenters. The summed E-state index contributed by atoms with van der Waals surface area (Å²) in [5.74, 6) is -12.5. The number of benzene rings is 2. The van der Waals surface area contributed by atoms with Crippen molar-refractivity contribution >= 4 is 5.91 Å². The van der Waals surface area contributed by atoms with Crippen LogP contribution < -0.4 is 10.5 Å². The van der Waals surface area contributed by atoms with Crippen molar-refractivity contribution in [3.8, 4) is 5.75 Å². The third-order valence-corrected chi connectivity index (χ3v) is 5.02. The second-order valence-electron chi connectivity index (χ2n) is 6.79. The average molecular weight is 414 g/mol. The van der Waals surface area contributed by atoms with Gasteiger partial charge in [-0.25, -0.2) is 13.2 Å². The molecule has 0 aliphatic carbocycles. The number of hydrogen-bond acceptors (Lipinski definition) is 3. The zero-order valence-corrected chi connectivity index (χ0v) is 15.4. The van der Waals surface area contributed by atoms with E-state index in [1.54, 1.807) is 0 Å². The molecule has 0 spiro atoms. The maximum atomic E-state index is 13.6. The van der Waals surface area contributed by atoms with Crippen LogP contribution in [-0.2, 0) is 11.3 Å². The van der Waals surface area contributed by atoms with Crippen LogP contribution in [0.15, 0.2) is 24.3 Å². The number of likely N-dealkylation sites (tertiary alicyclic amines) is 1. The summed E-state index contributed by atoms with van der Waals surface area (Å²) in [4.78, 5) is 13.7. The molecule has 2 aromatic rings. The van der Waals surface area contributed by atoms with Crippen LogP contribution in [0.2, 0.25) is 0 Å². The van der Waals surface area contributed by atoms with Gasteiger partial charge in [-0.2, -0.15) is 8.78 Å². The minimum absolute atomic E-state index is 0.238. The Bertz CT molecular complexity index is 885. The lowest BCUT2D eigenvalue weighted by Gasteiger charge is -2.32. The van der Waals surface area contributed by atoms with Gasteiger partial charge in [-0.1, -0.05) is 24.3 Å². The summed E-state index contributed by atoms with van der Waals surface area (Å²) < 4.78 is 71.3. The van der Waals surface area contributed by atoms with Gasteiger partial charge in [0.05, 0.1) is 0 Å². The van der Waals surface area contributed by atoms with E-state index in [2.05, 4.69) is 4.74 Å². The maximum absolute atomic E-state index is 13.6. The van der Waals surface area contributed by atoms with Gasteiger partial charge >= 0.3 is 0 Å². The molecule has 1 saturated heterocycles. The van der Waals surface area contributed by atoms with Gasteiger partial charge in [0.15, 0.2) is 12.4 Å². The summed E-state index contributed by atoms with van der Waals surface area (Å²) in [5.41, 5.74) is 7.79. The summed E-state index contributed by atoms with van der Waals surface area (Å²) in [6.45, 7) is 0.375. The molecule has 0 radical (unpaired) electrons. The number of carbonyl (C=O) groups excluding carboxylic acids is 1. The van der Waals surface area contributed by atoms with E-state index < -0.39 is 47.3 Å². The van der Waals surface area contributed by atoms with E-state index in [1.807, 2.05) is 24.3 Å².